The van der Waals surface area contributed by atoms with Gasteiger partial charge in [0.1, 0.15) is 5.69 Å². The van der Waals surface area contributed by atoms with Crippen molar-refractivity contribution in [3.63, 3.8) is 0 Å². The first-order valence-corrected chi connectivity index (χ1v) is 5.96. The van der Waals surface area contributed by atoms with Crippen molar-refractivity contribution >= 4 is 17.3 Å². The van der Waals surface area contributed by atoms with Gasteiger partial charge in [0.25, 0.3) is 5.91 Å². The molecule has 1 aliphatic rings. The molecule has 0 aliphatic carbocycles. The first-order chi connectivity index (χ1) is 10.2. The molecule has 1 heterocycles. The smallest absolute Gasteiger partial charge is 0.282 e. The quantitative estimate of drug-likeness (QED) is 0.363. The zero-order chi connectivity index (χ0) is 16.8. The summed E-state index contributed by atoms with van der Waals surface area (Å²) in [6, 6.07) is 0. The van der Waals surface area contributed by atoms with E-state index in [9.17, 15) is 26.7 Å². The summed E-state index contributed by atoms with van der Waals surface area (Å²) in [6.07, 6.45) is 1.33. The average Bonchev–Trinajstić information content (AvgIpc) is 2.71. The fraction of sp³-hybridized carbons (Fsp3) is 0.231. The molecule has 0 aromatic heterocycles. The van der Waals surface area contributed by atoms with Crippen LogP contribution in [0.2, 0.25) is 0 Å². The lowest BCUT2D eigenvalue weighted by Crippen LogP contribution is -2.25. The number of hydrazone groups is 1. The minimum atomic E-state index is -2.30. The maximum absolute atomic E-state index is 13.7. The van der Waals surface area contributed by atoms with E-state index in [0.717, 1.165) is 0 Å². The highest BCUT2D eigenvalue weighted by molar-refractivity contribution is 6.29. The topological polar surface area (TPSA) is 35.9 Å². The summed E-state index contributed by atoms with van der Waals surface area (Å²) in [5, 5.41) is 3.75. The third kappa shape index (κ3) is 2.32. The van der Waals surface area contributed by atoms with Crippen molar-refractivity contribution in [2.24, 2.45) is 5.10 Å². The molecule has 0 fully saturated rings. The number of halogens is 5. The molecule has 1 aliphatic heterocycles. The molecule has 9 heteroatoms. The van der Waals surface area contributed by atoms with Gasteiger partial charge in [-0.1, -0.05) is 0 Å². The minimum absolute atomic E-state index is 0.0195. The maximum atomic E-state index is 13.7. The zero-order valence-corrected chi connectivity index (χ0v) is 11.7. The highest BCUT2D eigenvalue weighted by Crippen LogP contribution is 2.33. The SMILES string of the molecule is CC1=NN(c2c(F)c(F)c(F)c(F)c2F)C(=O)C1=CN(C)C. The Morgan fingerprint density at radius 3 is 1.86 bits per heavy atom. The van der Waals surface area contributed by atoms with Crippen LogP contribution in [0.3, 0.4) is 0 Å². The van der Waals surface area contributed by atoms with E-state index in [1.54, 1.807) is 14.1 Å². The summed E-state index contributed by atoms with van der Waals surface area (Å²) in [5.74, 6) is -11.8. The monoisotopic (exact) mass is 319 g/mol. The van der Waals surface area contributed by atoms with E-state index in [2.05, 4.69) is 5.10 Å². The summed E-state index contributed by atoms with van der Waals surface area (Å²) in [5.41, 5.74) is -1.33. The van der Waals surface area contributed by atoms with Crippen LogP contribution < -0.4 is 5.01 Å². The molecule has 1 aromatic carbocycles. The van der Waals surface area contributed by atoms with E-state index in [1.165, 1.54) is 18.0 Å². The molecule has 0 bridgehead atoms. The summed E-state index contributed by atoms with van der Waals surface area (Å²) in [6.45, 7) is 1.37. The Labute approximate surface area is 122 Å². The van der Waals surface area contributed by atoms with Gasteiger partial charge in [-0.25, -0.2) is 22.0 Å². The van der Waals surface area contributed by atoms with Gasteiger partial charge in [0, 0.05) is 20.3 Å². The number of nitrogens with zero attached hydrogens (tertiary/aromatic N) is 3. The van der Waals surface area contributed by atoms with Crippen LogP contribution in [0.4, 0.5) is 27.6 Å². The van der Waals surface area contributed by atoms with Gasteiger partial charge < -0.3 is 4.90 Å². The molecule has 2 rings (SSSR count). The average molecular weight is 319 g/mol. The van der Waals surface area contributed by atoms with Gasteiger partial charge in [-0.05, 0) is 6.92 Å². The normalized spacial score (nSPS) is 16.5. The van der Waals surface area contributed by atoms with E-state index in [4.69, 9.17) is 0 Å². The van der Waals surface area contributed by atoms with Crippen molar-refractivity contribution in [1.82, 2.24) is 4.90 Å². The predicted molar refractivity (Wildman–Crippen MR) is 68.6 cm³/mol. The molecular formula is C13H10F5N3O. The largest absolute Gasteiger partial charge is 0.383 e. The molecule has 0 unspecified atom stereocenters. The number of rotatable bonds is 2. The molecule has 118 valence electrons. The Balaban J connectivity index is 2.63. The Morgan fingerprint density at radius 1 is 0.955 bits per heavy atom. The molecule has 22 heavy (non-hydrogen) atoms. The second-order valence-electron chi connectivity index (χ2n) is 4.73. The molecule has 1 aromatic rings. The summed E-state index contributed by atoms with van der Waals surface area (Å²) >= 11 is 0. The second kappa shape index (κ2) is 5.39. The highest BCUT2D eigenvalue weighted by atomic mass is 19.2. The number of benzene rings is 1. The van der Waals surface area contributed by atoms with E-state index in [0.29, 0.717) is 0 Å². The predicted octanol–water partition coefficient (Wildman–Crippen LogP) is 2.55. The standard InChI is InChI=1S/C13H10F5N3O/c1-5-6(4-20(2)3)13(22)21(19-5)12-10(17)8(15)7(14)9(16)11(12)18/h4H,1-3H3. The molecule has 0 atom stereocenters. The van der Waals surface area contributed by atoms with Crippen LogP contribution in [-0.2, 0) is 4.79 Å². The van der Waals surface area contributed by atoms with Crippen LogP contribution in [0.1, 0.15) is 6.92 Å². The van der Waals surface area contributed by atoms with Gasteiger partial charge in [0.05, 0.1) is 11.3 Å². The first kappa shape index (κ1) is 15.9. The number of hydrogen-bond donors (Lipinski definition) is 0. The Kier molecular flexibility index (Phi) is 3.90. The molecule has 0 N–H and O–H groups in total. The number of anilines is 1. The molecule has 4 nitrogen and oxygen atoms in total. The summed E-state index contributed by atoms with van der Waals surface area (Å²) in [7, 11) is 3.18. The lowest BCUT2D eigenvalue weighted by Gasteiger charge is -2.15. The van der Waals surface area contributed by atoms with Crippen LogP contribution in [-0.4, -0.2) is 30.6 Å². The fourth-order valence-corrected chi connectivity index (χ4v) is 1.86. The van der Waals surface area contributed by atoms with Crippen molar-refractivity contribution in [2.75, 3.05) is 19.1 Å². The lowest BCUT2D eigenvalue weighted by molar-refractivity contribution is -0.114. The van der Waals surface area contributed by atoms with Crippen LogP contribution in [0.25, 0.3) is 0 Å². The van der Waals surface area contributed by atoms with Crippen molar-refractivity contribution in [2.45, 2.75) is 6.92 Å². The Morgan fingerprint density at radius 2 is 1.41 bits per heavy atom. The van der Waals surface area contributed by atoms with Gasteiger partial charge in [-0.2, -0.15) is 10.1 Å². The Hall–Kier alpha value is -2.45. The third-order valence-electron chi connectivity index (χ3n) is 2.85. The number of hydrogen-bond acceptors (Lipinski definition) is 3. The second-order valence-corrected chi connectivity index (χ2v) is 4.73. The van der Waals surface area contributed by atoms with Gasteiger partial charge in [-0.3, -0.25) is 4.79 Å². The molecule has 1 amide bonds. The summed E-state index contributed by atoms with van der Waals surface area (Å²) in [4.78, 5) is 13.6. The maximum Gasteiger partial charge on any atom is 0.282 e. The molecule has 0 saturated heterocycles. The van der Waals surface area contributed by atoms with E-state index >= 15 is 0 Å². The molecule has 0 spiro atoms. The van der Waals surface area contributed by atoms with Crippen molar-refractivity contribution in [1.29, 1.82) is 0 Å². The summed E-state index contributed by atoms with van der Waals surface area (Å²) < 4.78 is 66.9. The van der Waals surface area contributed by atoms with Crippen molar-refractivity contribution in [3.8, 4) is 0 Å². The van der Waals surface area contributed by atoms with Crippen molar-refractivity contribution in [3.05, 3.63) is 40.9 Å². The van der Waals surface area contributed by atoms with Gasteiger partial charge >= 0.3 is 0 Å². The van der Waals surface area contributed by atoms with Crippen LogP contribution in [0, 0.1) is 29.1 Å². The number of amides is 1. The number of carbonyl (C=O) groups is 1. The van der Waals surface area contributed by atoms with Crippen LogP contribution in [0.5, 0.6) is 0 Å². The van der Waals surface area contributed by atoms with Gasteiger partial charge in [0.2, 0.25) is 5.82 Å². The minimum Gasteiger partial charge on any atom is -0.383 e. The van der Waals surface area contributed by atoms with Crippen LogP contribution in [0.15, 0.2) is 16.9 Å². The lowest BCUT2D eigenvalue weighted by atomic mass is 10.2. The van der Waals surface area contributed by atoms with Crippen LogP contribution >= 0.6 is 0 Å². The zero-order valence-electron chi connectivity index (χ0n) is 11.7. The van der Waals surface area contributed by atoms with Gasteiger partial charge in [-0.15, -0.1) is 0 Å². The highest BCUT2D eigenvalue weighted by Gasteiger charge is 2.37. The fourth-order valence-electron chi connectivity index (χ4n) is 1.86. The van der Waals surface area contributed by atoms with Gasteiger partial charge in [0.15, 0.2) is 23.3 Å². The molecule has 0 radical (unpaired) electrons. The molecular weight excluding hydrogens is 309 g/mol. The third-order valence-corrected chi connectivity index (χ3v) is 2.85. The van der Waals surface area contributed by atoms with Crippen molar-refractivity contribution < 1.29 is 26.7 Å². The van der Waals surface area contributed by atoms with E-state index < -0.39 is 40.7 Å². The van der Waals surface area contributed by atoms with E-state index in [-0.39, 0.29) is 16.3 Å². The first-order valence-electron chi connectivity index (χ1n) is 5.96. The Bertz CT molecular complexity index is 698. The number of carbonyl (C=O) groups excluding carboxylic acids is 1. The van der Waals surface area contributed by atoms with E-state index in [1.807, 2.05) is 0 Å². The molecule has 0 saturated carbocycles.